The first-order valence-electron chi connectivity index (χ1n) is 2.80. The maximum atomic E-state index is 8.57. The minimum Gasteiger partial charge on any atom is -0.395 e. The number of nitrogens with zero attached hydrogens (tertiary/aromatic N) is 1. The number of aliphatic hydroxyl groups is 1. The molecule has 0 aliphatic rings. The van der Waals surface area contributed by atoms with Crippen molar-refractivity contribution < 1.29 is 5.11 Å². The lowest BCUT2D eigenvalue weighted by atomic mass is 10.2. The molecule has 3 nitrogen and oxygen atoms in total. The predicted molar refractivity (Wildman–Crippen MR) is 33.1 cm³/mol. The Labute approximate surface area is 50.1 Å². The zero-order valence-corrected chi connectivity index (χ0v) is 5.46. The number of hydrazine groups is 1. The van der Waals surface area contributed by atoms with Crippen LogP contribution in [0.1, 0.15) is 13.3 Å². The van der Waals surface area contributed by atoms with Crippen molar-refractivity contribution in [2.45, 2.75) is 19.4 Å². The van der Waals surface area contributed by atoms with Crippen LogP contribution in [-0.4, -0.2) is 29.8 Å². The Morgan fingerprint density at radius 1 is 1.75 bits per heavy atom. The van der Waals surface area contributed by atoms with Crippen molar-refractivity contribution in [3.63, 3.8) is 0 Å². The first-order chi connectivity index (χ1) is 3.72. The molecular formula is C5H14N2O. The highest BCUT2D eigenvalue weighted by Crippen LogP contribution is 1.92. The molecule has 0 aromatic heterocycles. The topological polar surface area (TPSA) is 49.5 Å². The van der Waals surface area contributed by atoms with E-state index >= 15 is 0 Å². The van der Waals surface area contributed by atoms with Gasteiger partial charge in [0.05, 0.1) is 6.61 Å². The second kappa shape index (κ2) is 3.83. The van der Waals surface area contributed by atoms with Crippen molar-refractivity contribution in [2.75, 3.05) is 13.7 Å². The minimum atomic E-state index is 0.120. The maximum absolute atomic E-state index is 8.57. The highest BCUT2D eigenvalue weighted by molar-refractivity contribution is 4.58. The van der Waals surface area contributed by atoms with Gasteiger partial charge in [-0.3, -0.25) is 5.84 Å². The fourth-order valence-corrected chi connectivity index (χ4v) is 0.546. The molecule has 0 aliphatic heterocycles. The van der Waals surface area contributed by atoms with E-state index in [2.05, 4.69) is 0 Å². The molecule has 0 amide bonds. The van der Waals surface area contributed by atoms with Crippen LogP contribution in [0.2, 0.25) is 0 Å². The van der Waals surface area contributed by atoms with Crippen LogP contribution < -0.4 is 5.84 Å². The normalized spacial score (nSPS) is 14.6. The molecule has 0 aromatic carbocycles. The van der Waals surface area contributed by atoms with Crippen molar-refractivity contribution in [2.24, 2.45) is 5.84 Å². The summed E-state index contributed by atoms with van der Waals surface area (Å²) in [6.45, 7) is 2.13. The van der Waals surface area contributed by atoms with Gasteiger partial charge in [0.1, 0.15) is 0 Å². The molecule has 0 bridgehead atoms. The number of hydrogen-bond acceptors (Lipinski definition) is 3. The van der Waals surface area contributed by atoms with Gasteiger partial charge in [-0.15, -0.1) is 0 Å². The number of rotatable bonds is 3. The highest BCUT2D eigenvalue weighted by atomic mass is 16.3. The van der Waals surface area contributed by atoms with Crippen LogP contribution in [0, 0.1) is 0 Å². The van der Waals surface area contributed by atoms with Crippen molar-refractivity contribution in [3.8, 4) is 0 Å². The molecule has 0 saturated heterocycles. The fraction of sp³-hybridized carbons (Fsp3) is 1.00. The van der Waals surface area contributed by atoms with Crippen LogP contribution in [0.3, 0.4) is 0 Å². The number of likely N-dealkylation sites (N-methyl/N-ethyl adjacent to an activating group) is 1. The minimum absolute atomic E-state index is 0.120. The average molecular weight is 118 g/mol. The smallest absolute Gasteiger partial charge is 0.0600 e. The van der Waals surface area contributed by atoms with Gasteiger partial charge in [0.2, 0.25) is 0 Å². The molecule has 0 rings (SSSR count). The first kappa shape index (κ1) is 7.88. The van der Waals surface area contributed by atoms with E-state index in [1.807, 2.05) is 6.92 Å². The van der Waals surface area contributed by atoms with E-state index in [0.717, 1.165) is 6.42 Å². The van der Waals surface area contributed by atoms with Gasteiger partial charge in [0.25, 0.3) is 0 Å². The van der Waals surface area contributed by atoms with Crippen molar-refractivity contribution in [1.82, 2.24) is 5.01 Å². The molecule has 50 valence electrons. The van der Waals surface area contributed by atoms with Gasteiger partial charge in [0, 0.05) is 13.1 Å². The Morgan fingerprint density at radius 2 is 2.25 bits per heavy atom. The predicted octanol–water partition coefficient (Wildman–Crippen LogP) is -0.437. The highest BCUT2D eigenvalue weighted by Gasteiger charge is 2.04. The van der Waals surface area contributed by atoms with Crippen LogP contribution in [0.4, 0.5) is 0 Å². The molecule has 0 radical (unpaired) electrons. The van der Waals surface area contributed by atoms with Gasteiger partial charge < -0.3 is 5.11 Å². The second-order valence-corrected chi connectivity index (χ2v) is 1.91. The van der Waals surface area contributed by atoms with E-state index in [4.69, 9.17) is 10.9 Å². The third-order valence-electron chi connectivity index (χ3n) is 1.26. The van der Waals surface area contributed by atoms with E-state index < -0.39 is 0 Å². The summed E-state index contributed by atoms with van der Waals surface area (Å²) in [4.78, 5) is 0. The van der Waals surface area contributed by atoms with Crippen LogP contribution in [0.5, 0.6) is 0 Å². The Morgan fingerprint density at radius 3 is 2.25 bits per heavy atom. The summed E-state index contributed by atoms with van der Waals surface area (Å²) in [6.07, 6.45) is 0.892. The van der Waals surface area contributed by atoms with E-state index in [1.54, 1.807) is 7.05 Å². The summed E-state index contributed by atoms with van der Waals surface area (Å²) < 4.78 is 0. The van der Waals surface area contributed by atoms with E-state index in [1.165, 1.54) is 5.01 Å². The quantitative estimate of drug-likeness (QED) is 0.390. The molecule has 0 fully saturated rings. The third-order valence-corrected chi connectivity index (χ3v) is 1.26. The Kier molecular flexibility index (Phi) is 3.77. The number of hydrogen-bond donors (Lipinski definition) is 2. The Hall–Kier alpha value is -0.120. The molecule has 8 heavy (non-hydrogen) atoms. The van der Waals surface area contributed by atoms with Gasteiger partial charge >= 0.3 is 0 Å². The Bertz CT molecular complexity index is 52.4. The van der Waals surface area contributed by atoms with Crippen LogP contribution in [-0.2, 0) is 0 Å². The van der Waals surface area contributed by atoms with E-state index in [0.29, 0.717) is 0 Å². The van der Waals surface area contributed by atoms with Gasteiger partial charge in [-0.25, -0.2) is 5.01 Å². The van der Waals surface area contributed by atoms with Gasteiger partial charge in [0.15, 0.2) is 0 Å². The molecular weight excluding hydrogens is 104 g/mol. The lowest BCUT2D eigenvalue weighted by molar-refractivity contribution is 0.145. The van der Waals surface area contributed by atoms with Crippen LogP contribution >= 0.6 is 0 Å². The molecule has 0 saturated carbocycles. The summed E-state index contributed by atoms with van der Waals surface area (Å²) in [5.41, 5.74) is 0. The zero-order chi connectivity index (χ0) is 6.57. The maximum Gasteiger partial charge on any atom is 0.0600 e. The van der Waals surface area contributed by atoms with Crippen LogP contribution in [0.25, 0.3) is 0 Å². The molecule has 0 heterocycles. The van der Waals surface area contributed by atoms with E-state index in [9.17, 15) is 0 Å². The molecule has 3 N–H and O–H groups in total. The molecule has 0 spiro atoms. The lowest BCUT2D eigenvalue weighted by Gasteiger charge is -2.18. The van der Waals surface area contributed by atoms with E-state index in [-0.39, 0.29) is 12.6 Å². The zero-order valence-electron chi connectivity index (χ0n) is 5.46. The Balaban J connectivity index is 3.35. The largest absolute Gasteiger partial charge is 0.395 e. The molecule has 3 heteroatoms. The average Bonchev–Trinajstić information content (AvgIpc) is 1.69. The number of aliphatic hydroxyl groups excluding tert-OH is 1. The monoisotopic (exact) mass is 118 g/mol. The molecule has 1 atom stereocenters. The summed E-state index contributed by atoms with van der Waals surface area (Å²) in [7, 11) is 1.75. The molecule has 0 aromatic rings. The fourth-order valence-electron chi connectivity index (χ4n) is 0.546. The SMILES string of the molecule is CC[C@H](CO)N(C)N. The van der Waals surface area contributed by atoms with Crippen molar-refractivity contribution in [3.05, 3.63) is 0 Å². The molecule has 0 unspecified atom stereocenters. The van der Waals surface area contributed by atoms with Crippen molar-refractivity contribution >= 4 is 0 Å². The van der Waals surface area contributed by atoms with Gasteiger partial charge in [-0.1, -0.05) is 6.92 Å². The van der Waals surface area contributed by atoms with Gasteiger partial charge in [-0.2, -0.15) is 0 Å². The van der Waals surface area contributed by atoms with Crippen LogP contribution in [0.15, 0.2) is 0 Å². The summed E-state index contributed by atoms with van der Waals surface area (Å²) in [5.74, 6) is 5.33. The summed E-state index contributed by atoms with van der Waals surface area (Å²) in [6, 6.07) is 0.120. The summed E-state index contributed by atoms with van der Waals surface area (Å²) >= 11 is 0. The standard InChI is InChI=1S/C5H14N2O/c1-3-5(4-8)7(2)6/h5,8H,3-4,6H2,1-2H3/t5-/m1/s1. The van der Waals surface area contributed by atoms with Crippen molar-refractivity contribution in [1.29, 1.82) is 0 Å². The lowest BCUT2D eigenvalue weighted by Crippen LogP contribution is -2.39. The third kappa shape index (κ3) is 2.26. The molecule has 0 aliphatic carbocycles. The summed E-state index contributed by atoms with van der Waals surface area (Å²) in [5, 5.41) is 10.1. The number of nitrogens with two attached hydrogens (primary N) is 1. The first-order valence-corrected chi connectivity index (χ1v) is 2.80. The van der Waals surface area contributed by atoms with Gasteiger partial charge in [-0.05, 0) is 6.42 Å². The second-order valence-electron chi connectivity index (χ2n) is 1.91.